The molecule has 1 aliphatic heterocycles. The number of nitrogens with zero attached hydrogens (tertiary/aromatic N) is 1. The Labute approximate surface area is 131 Å². The van der Waals surface area contributed by atoms with E-state index < -0.39 is 11.7 Å². The monoisotopic (exact) mass is 298 g/mol. The summed E-state index contributed by atoms with van der Waals surface area (Å²) in [6, 6.07) is 8.05. The number of hydrogen-bond acceptors (Lipinski definition) is 3. The highest BCUT2D eigenvalue weighted by molar-refractivity contribution is 5.89. The number of hydrogen-bond donors (Lipinski definition) is 1. The average Bonchev–Trinajstić information content (AvgIpc) is 2.53. The molecule has 1 aromatic rings. The molecule has 4 heteroatoms. The maximum Gasteiger partial charge on any atom is 0.412 e. The molecule has 22 heavy (non-hydrogen) atoms. The van der Waals surface area contributed by atoms with Crippen LogP contribution in [0, 0.1) is 11.3 Å². The quantitative estimate of drug-likeness (QED) is 0.780. The van der Waals surface area contributed by atoms with E-state index >= 15 is 0 Å². The number of nitrogens with one attached hydrogen (secondary N) is 1. The third-order valence-electron chi connectivity index (χ3n) is 4.31. The molecule has 0 aromatic heterocycles. The van der Waals surface area contributed by atoms with E-state index in [-0.39, 0.29) is 0 Å². The summed E-state index contributed by atoms with van der Waals surface area (Å²) in [7, 11) is 0. The van der Waals surface area contributed by atoms with Crippen molar-refractivity contribution in [1.29, 1.82) is 5.26 Å². The molecule has 1 aromatic carbocycles. The second-order valence-electron chi connectivity index (χ2n) is 5.52. The Morgan fingerprint density at radius 1 is 1.36 bits per heavy atom. The van der Waals surface area contributed by atoms with Gasteiger partial charge in [-0.3, -0.25) is 5.32 Å². The van der Waals surface area contributed by atoms with Crippen LogP contribution >= 0.6 is 0 Å². The summed E-state index contributed by atoms with van der Waals surface area (Å²) in [5, 5.41) is 11.8. The lowest BCUT2D eigenvalue weighted by molar-refractivity contribution is 0.00471. The van der Waals surface area contributed by atoms with Crippen molar-refractivity contribution in [3.63, 3.8) is 0 Å². The molecular formula is C18H22N2O2. The van der Waals surface area contributed by atoms with Crippen LogP contribution in [0.25, 0.3) is 5.57 Å². The molecule has 1 aliphatic rings. The van der Waals surface area contributed by atoms with Gasteiger partial charge in [0.15, 0.2) is 0 Å². The topological polar surface area (TPSA) is 62.1 Å². The van der Waals surface area contributed by atoms with E-state index in [4.69, 9.17) is 10.00 Å². The van der Waals surface area contributed by atoms with Crippen molar-refractivity contribution in [2.24, 2.45) is 0 Å². The van der Waals surface area contributed by atoms with Crippen molar-refractivity contribution >= 4 is 17.4 Å². The molecule has 0 fully saturated rings. The number of cyclic esters (lactones) is 1. The van der Waals surface area contributed by atoms with Crippen LogP contribution in [0.2, 0.25) is 0 Å². The SMILES string of the molecule is CCC/C(=C\C#N)c1ccc2c(c1)C(CC)(CC)OC(=O)N2. The first-order valence-electron chi connectivity index (χ1n) is 7.83. The molecule has 1 amide bonds. The van der Waals surface area contributed by atoms with Crippen molar-refractivity contribution in [2.75, 3.05) is 5.32 Å². The largest absolute Gasteiger partial charge is 0.438 e. The zero-order valence-corrected chi connectivity index (χ0v) is 13.4. The maximum absolute atomic E-state index is 11.8. The summed E-state index contributed by atoms with van der Waals surface area (Å²) in [5.74, 6) is 0. The summed E-state index contributed by atoms with van der Waals surface area (Å²) in [6.07, 6.45) is 4.48. The Kier molecular flexibility index (Phi) is 4.87. The number of fused-ring (bicyclic) bond motifs is 1. The van der Waals surface area contributed by atoms with Gasteiger partial charge in [-0.25, -0.2) is 4.79 Å². The Balaban J connectivity index is 2.55. The van der Waals surface area contributed by atoms with Gasteiger partial charge in [-0.05, 0) is 42.5 Å². The van der Waals surface area contributed by atoms with Crippen LogP contribution < -0.4 is 5.32 Å². The third-order valence-corrected chi connectivity index (χ3v) is 4.31. The van der Waals surface area contributed by atoms with E-state index in [0.29, 0.717) is 0 Å². The van der Waals surface area contributed by atoms with E-state index in [9.17, 15) is 4.79 Å². The first kappa shape index (κ1) is 16.1. The molecule has 0 atom stereocenters. The number of anilines is 1. The zero-order valence-electron chi connectivity index (χ0n) is 13.4. The number of benzene rings is 1. The summed E-state index contributed by atoms with van der Waals surface area (Å²) < 4.78 is 5.62. The van der Waals surface area contributed by atoms with Crippen molar-refractivity contribution in [1.82, 2.24) is 0 Å². The highest BCUT2D eigenvalue weighted by Gasteiger charge is 2.39. The van der Waals surface area contributed by atoms with E-state index in [0.717, 1.165) is 48.1 Å². The maximum atomic E-state index is 11.8. The summed E-state index contributed by atoms with van der Waals surface area (Å²) in [6.45, 7) is 6.14. The van der Waals surface area contributed by atoms with Crippen molar-refractivity contribution in [2.45, 2.75) is 52.1 Å². The number of nitriles is 1. The van der Waals surface area contributed by atoms with Gasteiger partial charge in [0.1, 0.15) is 5.60 Å². The second-order valence-corrected chi connectivity index (χ2v) is 5.52. The standard InChI is InChI=1S/C18H22N2O2/c1-4-7-13(10-11-19)14-8-9-16-15(12-14)18(5-2,6-3)22-17(21)20-16/h8-10,12H,4-7H2,1-3H3,(H,20,21)/b13-10+. The van der Waals surface area contributed by atoms with E-state index in [1.54, 1.807) is 6.08 Å². The smallest absolute Gasteiger partial charge is 0.412 e. The van der Waals surface area contributed by atoms with Gasteiger partial charge in [0.05, 0.1) is 11.8 Å². The van der Waals surface area contributed by atoms with Gasteiger partial charge in [-0.2, -0.15) is 5.26 Å². The Bertz CT molecular complexity index is 637. The predicted molar refractivity (Wildman–Crippen MR) is 87.3 cm³/mol. The van der Waals surface area contributed by atoms with Crippen LogP contribution in [-0.4, -0.2) is 6.09 Å². The van der Waals surface area contributed by atoms with Gasteiger partial charge < -0.3 is 4.74 Å². The summed E-state index contributed by atoms with van der Waals surface area (Å²) in [5.41, 5.74) is 3.25. The van der Waals surface area contributed by atoms with Gasteiger partial charge in [-0.15, -0.1) is 0 Å². The highest BCUT2D eigenvalue weighted by Crippen LogP contribution is 2.42. The van der Waals surface area contributed by atoms with Crippen molar-refractivity contribution < 1.29 is 9.53 Å². The molecule has 0 saturated carbocycles. The van der Waals surface area contributed by atoms with Crippen molar-refractivity contribution in [3.8, 4) is 6.07 Å². The van der Waals surface area contributed by atoms with E-state index in [1.807, 2.05) is 26.0 Å². The second kappa shape index (κ2) is 6.65. The van der Waals surface area contributed by atoms with Gasteiger partial charge in [0, 0.05) is 11.6 Å². The Morgan fingerprint density at radius 2 is 2.09 bits per heavy atom. The molecule has 2 rings (SSSR count). The zero-order chi connectivity index (χ0) is 16.2. The molecule has 0 bridgehead atoms. The Hall–Kier alpha value is -2.28. The third kappa shape index (κ3) is 2.85. The number of carbonyl (C=O) groups is 1. The normalized spacial score (nSPS) is 16.3. The number of allylic oxidation sites excluding steroid dienone is 2. The van der Waals surface area contributed by atoms with Gasteiger partial charge in [0.25, 0.3) is 0 Å². The molecule has 1 heterocycles. The Morgan fingerprint density at radius 3 is 2.68 bits per heavy atom. The van der Waals surface area contributed by atoms with Gasteiger partial charge in [-0.1, -0.05) is 33.3 Å². The van der Waals surface area contributed by atoms with Crippen LogP contribution in [0.4, 0.5) is 10.5 Å². The molecule has 4 nitrogen and oxygen atoms in total. The predicted octanol–water partition coefficient (Wildman–Crippen LogP) is 4.97. The minimum Gasteiger partial charge on any atom is -0.438 e. The first-order chi connectivity index (χ1) is 10.6. The lowest BCUT2D eigenvalue weighted by Crippen LogP contribution is -2.38. The molecule has 0 spiro atoms. The molecular weight excluding hydrogens is 276 g/mol. The van der Waals surface area contributed by atoms with Crippen LogP contribution in [0.5, 0.6) is 0 Å². The van der Waals surface area contributed by atoms with Gasteiger partial charge in [0.2, 0.25) is 0 Å². The highest BCUT2D eigenvalue weighted by atomic mass is 16.6. The minimum absolute atomic E-state index is 0.398. The van der Waals surface area contributed by atoms with Crippen LogP contribution in [0.1, 0.15) is 57.6 Å². The molecule has 0 saturated heterocycles. The lowest BCUT2D eigenvalue weighted by Gasteiger charge is -2.37. The minimum atomic E-state index is -0.586. The molecule has 0 radical (unpaired) electrons. The number of rotatable bonds is 5. The number of amides is 1. The number of carbonyl (C=O) groups excluding carboxylic acids is 1. The van der Waals surface area contributed by atoms with Crippen LogP contribution in [-0.2, 0) is 10.3 Å². The fraction of sp³-hybridized carbons (Fsp3) is 0.444. The van der Waals surface area contributed by atoms with Gasteiger partial charge >= 0.3 is 6.09 Å². The summed E-state index contributed by atoms with van der Waals surface area (Å²) in [4.78, 5) is 11.8. The first-order valence-corrected chi connectivity index (χ1v) is 7.83. The fourth-order valence-electron chi connectivity index (χ4n) is 3.02. The lowest BCUT2D eigenvalue weighted by atomic mass is 9.84. The van der Waals surface area contributed by atoms with E-state index in [2.05, 4.69) is 24.4 Å². The summed E-state index contributed by atoms with van der Waals surface area (Å²) >= 11 is 0. The average molecular weight is 298 g/mol. The van der Waals surface area contributed by atoms with Crippen molar-refractivity contribution in [3.05, 3.63) is 35.4 Å². The molecule has 116 valence electrons. The number of ether oxygens (including phenoxy) is 1. The van der Waals surface area contributed by atoms with Crippen LogP contribution in [0.3, 0.4) is 0 Å². The van der Waals surface area contributed by atoms with Crippen LogP contribution in [0.15, 0.2) is 24.3 Å². The molecule has 0 unspecified atom stereocenters. The molecule has 1 N–H and O–H groups in total. The van der Waals surface area contributed by atoms with E-state index in [1.165, 1.54) is 0 Å². The molecule has 0 aliphatic carbocycles. The fourth-order valence-corrected chi connectivity index (χ4v) is 3.02.